The molecule has 0 aliphatic heterocycles. The monoisotopic (exact) mass is 412 g/mol. The molecule has 0 amide bonds. The van der Waals surface area contributed by atoms with Gasteiger partial charge in [-0.3, -0.25) is 4.68 Å². The van der Waals surface area contributed by atoms with Crippen molar-refractivity contribution < 1.29 is 27.5 Å². The third-order valence-electron chi connectivity index (χ3n) is 2.93. The first-order valence-corrected chi connectivity index (χ1v) is 7.41. The Balaban J connectivity index is 0.000000351. The first-order valence-electron chi connectivity index (χ1n) is 6.61. The van der Waals surface area contributed by atoms with Gasteiger partial charge in [0.15, 0.2) is 6.39 Å². The second-order valence-electron chi connectivity index (χ2n) is 4.73. The molecule has 0 radical (unpaired) electrons. The van der Waals surface area contributed by atoms with Crippen molar-refractivity contribution in [2.24, 2.45) is 7.05 Å². The summed E-state index contributed by atoms with van der Waals surface area (Å²) in [7, 11) is 1.94. The normalized spacial score (nSPS) is 11.1. The fourth-order valence-corrected chi connectivity index (χ4v) is 2.15. The van der Waals surface area contributed by atoms with E-state index in [2.05, 4.69) is 31.3 Å². The molecular weight excluding hydrogens is 397 g/mol. The second kappa shape index (κ2) is 8.29. The minimum absolute atomic E-state index is 0.693. The van der Waals surface area contributed by atoms with Crippen LogP contribution in [0.3, 0.4) is 0 Å². The van der Waals surface area contributed by atoms with E-state index in [-0.39, 0.29) is 0 Å². The number of aliphatic carboxylic acids is 1. The van der Waals surface area contributed by atoms with Crippen molar-refractivity contribution in [2.45, 2.75) is 33.1 Å². The number of hydrogen-bond acceptors (Lipinski definition) is 5. The molecule has 2 aromatic heterocycles. The van der Waals surface area contributed by atoms with Crippen LogP contribution in [0.5, 0.6) is 0 Å². The number of carboxylic acids is 1. The van der Waals surface area contributed by atoms with Crippen LogP contribution in [0, 0.1) is 13.8 Å². The van der Waals surface area contributed by atoms with E-state index in [9.17, 15) is 13.2 Å². The van der Waals surface area contributed by atoms with Crippen LogP contribution in [0.1, 0.15) is 22.8 Å². The Hall–Kier alpha value is -1.88. The van der Waals surface area contributed by atoms with Crippen LogP contribution in [-0.4, -0.2) is 32.0 Å². The summed E-state index contributed by atoms with van der Waals surface area (Å²) in [5.41, 5.74) is 3.07. The van der Waals surface area contributed by atoms with Gasteiger partial charge in [-0.1, -0.05) is 0 Å². The van der Waals surface area contributed by atoms with Crippen LogP contribution in [-0.2, 0) is 24.9 Å². The number of carbonyl (C=O) groups is 1. The number of aryl methyl sites for hydroxylation is 3. The zero-order valence-electron chi connectivity index (χ0n) is 13.1. The number of halogens is 4. The van der Waals surface area contributed by atoms with Gasteiger partial charge in [0.25, 0.3) is 0 Å². The molecule has 0 aliphatic rings. The summed E-state index contributed by atoms with van der Waals surface area (Å²) in [6.45, 7) is 5.33. The number of carboxylic acid groups (broad SMARTS) is 1. The Kier molecular flexibility index (Phi) is 6.96. The molecule has 0 saturated heterocycles. The smallest absolute Gasteiger partial charge is 0.475 e. The molecule has 2 aromatic rings. The Bertz CT molecular complexity index is 697. The van der Waals surface area contributed by atoms with E-state index in [0.717, 1.165) is 33.9 Å². The summed E-state index contributed by atoms with van der Waals surface area (Å²) in [6, 6.07) is 0. The summed E-state index contributed by atoms with van der Waals surface area (Å²) >= 11 is 3.54. The molecule has 2 rings (SSSR count). The maximum Gasteiger partial charge on any atom is 0.490 e. The van der Waals surface area contributed by atoms with Gasteiger partial charge < -0.3 is 14.8 Å². The van der Waals surface area contributed by atoms with Crippen molar-refractivity contribution in [3.63, 3.8) is 0 Å². The molecule has 0 aliphatic carbocycles. The zero-order chi connectivity index (χ0) is 18.5. The highest BCUT2D eigenvalue weighted by molar-refractivity contribution is 9.10. The highest BCUT2D eigenvalue weighted by Crippen LogP contribution is 2.20. The molecule has 2 heterocycles. The van der Waals surface area contributed by atoms with Crippen LogP contribution >= 0.6 is 15.9 Å². The predicted molar refractivity (Wildman–Crippen MR) is 81.1 cm³/mol. The van der Waals surface area contributed by atoms with Crippen LogP contribution in [0.4, 0.5) is 13.2 Å². The number of hydrogen-bond donors (Lipinski definition) is 2. The Morgan fingerprint density at radius 2 is 2.00 bits per heavy atom. The highest BCUT2D eigenvalue weighted by atomic mass is 79.9. The molecule has 11 heteroatoms. The number of aromatic nitrogens is 3. The predicted octanol–water partition coefficient (Wildman–Crippen LogP) is 2.71. The van der Waals surface area contributed by atoms with Gasteiger partial charge in [-0.25, -0.2) is 9.78 Å². The lowest BCUT2D eigenvalue weighted by molar-refractivity contribution is -0.192. The first kappa shape index (κ1) is 20.2. The summed E-state index contributed by atoms with van der Waals surface area (Å²) in [6.07, 6.45) is -3.61. The van der Waals surface area contributed by atoms with Crippen LogP contribution in [0.2, 0.25) is 0 Å². The molecule has 134 valence electrons. The molecule has 0 bridgehead atoms. The van der Waals surface area contributed by atoms with Gasteiger partial charge >= 0.3 is 12.1 Å². The maximum absolute atomic E-state index is 10.6. The van der Waals surface area contributed by atoms with Crippen molar-refractivity contribution >= 4 is 21.9 Å². The lowest BCUT2D eigenvalue weighted by Crippen LogP contribution is -2.21. The van der Waals surface area contributed by atoms with Crippen molar-refractivity contribution in [3.05, 3.63) is 33.7 Å². The summed E-state index contributed by atoms with van der Waals surface area (Å²) in [5.74, 6) is -1.90. The number of alkyl halides is 3. The van der Waals surface area contributed by atoms with E-state index >= 15 is 0 Å². The van der Waals surface area contributed by atoms with E-state index in [1.807, 2.05) is 25.6 Å². The lowest BCUT2D eigenvalue weighted by Gasteiger charge is -2.04. The second-order valence-corrected chi connectivity index (χ2v) is 5.52. The standard InChI is InChI=1S/C11H15BrN4O.C2HF3O2/c1-7-11(12)10(16(3)15-7)5-13-4-9-8(2)17-6-14-9;3-2(4,5)1(6)7/h6,13H,4-5H2,1-3H3;(H,6,7). The highest BCUT2D eigenvalue weighted by Gasteiger charge is 2.38. The van der Waals surface area contributed by atoms with Crippen molar-refractivity contribution in [1.29, 1.82) is 0 Å². The van der Waals surface area contributed by atoms with Crippen LogP contribution < -0.4 is 5.32 Å². The Morgan fingerprint density at radius 3 is 2.38 bits per heavy atom. The van der Waals surface area contributed by atoms with E-state index in [4.69, 9.17) is 14.3 Å². The summed E-state index contributed by atoms with van der Waals surface area (Å²) in [5, 5.41) is 14.8. The average Bonchev–Trinajstić information content (AvgIpc) is 2.97. The number of rotatable bonds is 4. The lowest BCUT2D eigenvalue weighted by atomic mass is 10.3. The van der Waals surface area contributed by atoms with Crippen LogP contribution in [0.25, 0.3) is 0 Å². The molecule has 0 fully saturated rings. The molecule has 0 unspecified atom stereocenters. The third-order valence-corrected chi connectivity index (χ3v) is 3.96. The SMILES string of the molecule is Cc1nn(C)c(CNCc2ncoc2C)c1Br.O=C(O)C(F)(F)F. The summed E-state index contributed by atoms with van der Waals surface area (Å²) in [4.78, 5) is 13.0. The van der Waals surface area contributed by atoms with Gasteiger partial charge in [0, 0.05) is 20.1 Å². The van der Waals surface area contributed by atoms with E-state index < -0.39 is 12.1 Å². The molecule has 0 atom stereocenters. The molecular formula is C13H16BrF3N4O3. The van der Waals surface area contributed by atoms with Gasteiger partial charge in [-0.2, -0.15) is 18.3 Å². The fraction of sp³-hybridized carbons (Fsp3) is 0.462. The Labute approximate surface area is 144 Å². The first-order chi connectivity index (χ1) is 11.0. The van der Waals surface area contributed by atoms with Gasteiger partial charge in [-0.15, -0.1) is 0 Å². The van der Waals surface area contributed by atoms with Crippen molar-refractivity contribution in [1.82, 2.24) is 20.1 Å². The molecule has 0 aromatic carbocycles. The quantitative estimate of drug-likeness (QED) is 0.801. The largest absolute Gasteiger partial charge is 0.490 e. The van der Waals surface area contributed by atoms with Crippen molar-refractivity contribution in [3.8, 4) is 0 Å². The van der Waals surface area contributed by atoms with Crippen LogP contribution in [0.15, 0.2) is 15.3 Å². The van der Waals surface area contributed by atoms with E-state index in [1.165, 1.54) is 6.39 Å². The number of nitrogens with one attached hydrogen (secondary N) is 1. The van der Waals surface area contributed by atoms with Gasteiger partial charge in [-0.05, 0) is 29.8 Å². The summed E-state index contributed by atoms with van der Waals surface area (Å²) < 4.78 is 39.8. The number of nitrogens with zero attached hydrogens (tertiary/aromatic N) is 3. The van der Waals surface area contributed by atoms with Gasteiger partial charge in [0.2, 0.25) is 0 Å². The fourth-order valence-electron chi connectivity index (χ4n) is 1.67. The maximum atomic E-state index is 10.6. The molecule has 0 saturated carbocycles. The minimum atomic E-state index is -5.08. The number of oxazole rings is 1. The minimum Gasteiger partial charge on any atom is -0.475 e. The Morgan fingerprint density at radius 1 is 1.42 bits per heavy atom. The molecule has 0 spiro atoms. The van der Waals surface area contributed by atoms with E-state index in [0.29, 0.717) is 6.54 Å². The van der Waals surface area contributed by atoms with Gasteiger partial charge in [0.1, 0.15) is 5.76 Å². The van der Waals surface area contributed by atoms with E-state index in [1.54, 1.807) is 0 Å². The average molecular weight is 413 g/mol. The third kappa shape index (κ3) is 5.64. The van der Waals surface area contributed by atoms with Crippen molar-refractivity contribution in [2.75, 3.05) is 0 Å². The molecule has 2 N–H and O–H groups in total. The van der Waals surface area contributed by atoms with Gasteiger partial charge in [0.05, 0.1) is 21.6 Å². The molecule has 24 heavy (non-hydrogen) atoms. The molecule has 7 nitrogen and oxygen atoms in total. The topological polar surface area (TPSA) is 93.2 Å². The zero-order valence-corrected chi connectivity index (χ0v) is 14.7.